The van der Waals surface area contributed by atoms with Crippen molar-refractivity contribution in [3.05, 3.63) is 21.3 Å². The van der Waals surface area contributed by atoms with Crippen molar-refractivity contribution in [1.82, 2.24) is 0 Å². The summed E-state index contributed by atoms with van der Waals surface area (Å²) in [7, 11) is 0. The molecule has 13 heavy (non-hydrogen) atoms. The Kier molecular flexibility index (Phi) is 3.77. The summed E-state index contributed by atoms with van der Waals surface area (Å²) >= 11 is 7.25. The minimum Gasteiger partial charge on any atom is -0.387 e. The minimum atomic E-state index is -0.377. The van der Waals surface area contributed by atoms with Crippen LogP contribution < -0.4 is 0 Å². The van der Waals surface area contributed by atoms with Gasteiger partial charge in [0.15, 0.2) is 0 Å². The molecule has 0 saturated carbocycles. The van der Waals surface area contributed by atoms with Crippen LogP contribution in [0.3, 0.4) is 0 Å². The van der Waals surface area contributed by atoms with E-state index in [1.807, 2.05) is 12.1 Å². The highest BCUT2D eigenvalue weighted by Crippen LogP contribution is 2.33. The maximum atomic E-state index is 9.92. The first-order valence-electron chi connectivity index (χ1n) is 4.45. The van der Waals surface area contributed by atoms with Crippen LogP contribution in [0, 0.1) is 11.8 Å². The Hall–Kier alpha value is -0.0500. The molecule has 0 amide bonds. The number of aliphatic hydroxyl groups is 1. The molecule has 1 heterocycles. The molecule has 0 aliphatic carbocycles. The van der Waals surface area contributed by atoms with Crippen LogP contribution in [0.4, 0.5) is 0 Å². The Morgan fingerprint density at radius 2 is 1.92 bits per heavy atom. The van der Waals surface area contributed by atoms with Gasteiger partial charge in [-0.1, -0.05) is 32.4 Å². The van der Waals surface area contributed by atoms with Gasteiger partial charge in [-0.25, -0.2) is 0 Å². The second-order valence-corrected chi connectivity index (χ2v) is 5.44. The van der Waals surface area contributed by atoms with Crippen LogP contribution in [0.25, 0.3) is 0 Å². The lowest BCUT2D eigenvalue weighted by Gasteiger charge is -2.20. The lowest BCUT2D eigenvalue weighted by atomic mass is 9.91. The second-order valence-electron chi connectivity index (χ2n) is 3.69. The van der Waals surface area contributed by atoms with Gasteiger partial charge in [-0.05, 0) is 24.0 Å². The topological polar surface area (TPSA) is 20.2 Å². The summed E-state index contributed by atoms with van der Waals surface area (Å²) in [4.78, 5) is 0.964. The van der Waals surface area contributed by atoms with Gasteiger partial charge in [0.25, 0.3) is 0 Å². The molecule has 3 heteroatoms. The molecule has 1 aromatic heterocycles. The molecular formula is C10H15ClOS. The summed E-state index contributed by atoms with van der Waals surface area (Å²) in [6, 6.07) is 3.73. The van der Waals surface area contributed by atoms with Gasteiger partial charge in [0.05, 0.1) is 10.4 Å². The fourth-order valence-corrected chi connectivity index (χ4v) is 2.27. The predicted octanol–water partition coefficient (Wildman–Crippen LogP) is 3.73. The summed E-state index contributed by atoms with van der Waals surface area (Å²) < 4.78 is 0.741. The fraction of sp³-hybridized carbons (Fsp3) is 0.600. The molecule has 0 bridgehead atoms. The van der Waals surface area contributed by atoms with Gasteiger partial charge in [-0.3, -0.25) is 0 Å². The van der Waals surface area contributed by atoms with E-state index in [4.69, 9.17) is 11.6 Å². The molecule has 0 aliphatic rings. The quantitative estimate of drug-likeness (QED) is 0.820. The summed E-state index contributed by atoms with van der Waals surface area (Å²) in [6.45, 7) is 6.29. The molecule has 0 radical (unpaired) electrons. The molecule has 0 aliphatic heterocycles. The first-order valence-corrected chi connectivity index (χ1v) is 5.65. The Balaban J connectivity index is 2.73. The van der Waals surface area contributed by atoms with E-state index >= 15 is 0 Å². The zero-order valence-electron chi connectivity index (χ0n) is 8.12. The Morgan fingerprint density at radius 3 is 2.31 bits per heavy atom. The smallest absolute Gasteiger partial charge is 0.0932 e. The van der Waals surface area contributed by atoms with E-state index in [1.54, 1.807) is 0 Å². The molecule has 0 saturated heterocycles. The van der Waals surface area contributed by atoms with Crippen LogP contribution in [-0.2, 0) is 0 Å². The summed E-state index contributed by atoms with van der Waals surface area (Å²) in [6.07, 6.45) is -0.377. The van der Waals surface area contributed by atoms with Gasteiger partial charge in [-0.2, -0.15) is 0 Å². The monoisotopic (exact) mass is 218 g/mol. The van der Waals surface area contributed by atoms with Crippen molar-refractivity contribution in [3.63, 3.8) is 0 Å². The highest BCUT2D eigenvalue weighted by molar-refractivity contribution is 7.16. The van der Waals surface area contributed by atoms with Gasteiger partial charge in [0.1, 0.15) is 0 Å². The fourth-order valence-electron chi connectivity index (χ4n) is 1.11. The van der Waals surface area contributed by atoms with E-state index in [9.17, 15) is 5.11 Å². The van der Waals surface area contributed by atoms with E-state index < -0.39 is 0 Å². The SMILES string of the molecule is CC(C)C(C)C(O)c1ccc(Cl)s1. The van der Waals surface area contributed by atoms with Crippen LogP contribution in [0.15, 0.2) is 12.1 Å². The van der Waals surface area contributed by atoms with Crippen LogP contribution in [0.2, 0.25) is 4.34 Å². The molecule has 0 aromatic carbocycles. The van der Waals surface area contributed by atoms with Crippen LogP contribution >= 0.6 is 22.9 Å². The molecule has 1 rings (SSSR count). The van der Waals surface area contributed by atoms with Crippen molar-refractivity contribution >= 4 is 22.9 Å². The van der Waals surface area contributed by atoms with Gasteiger partial charge in [0, 0.05) is 4.88 Å². The standard InChI is InChI=1S/C10H15ClOS/c1-6(2)7(3)10(12)8-4-5-9(11)13-8/h4-7,10,12H,1-3H3. The van der Waals surface area contributed by atoms with E-state index in [1.165, 1.54) is 11.3 Å². The lowest BCUT2D eigenvalue weighted by molar-refractivity contribution is 0.0953. The third-order valence-corrected chi connectivity index (χ3v) is 3.74. The molecule has 1 aromatic rings. The van der Waals surface area contributed by atoms with Crippen molar-refractivity contribution in [1.29, 1.82) is 0 Å². The van der Waals surface area contributed by atoms with Crippen molar-refractivity contribution in [2.24, 2.45) is 11.8 Å². The zero-order chi connectivity index (χ0) is 10.0. The normalized spacial score (nSPS) is 16.2. The van der Waals surface area contributed by atoms with E-state index in [2.05, 4.69) is 20.8 Å². The van der Waals surface area contributed by atoms with E-state index in [0.29, 0.717) is 5.92 Å². The predicted molar refractivity (Wildman–Crippen MR) is 58.3 cm³/mol. The average Bonchev–Trinajstić information content (AvgIpc) is 2.49. The van der Waals surface area contributed by atoms with E-state index in [0.717, 1.165) is 9.21 Å². The van der Waals surface area contributed by atoms with Crippen LogP contribution in [0.1, 0.15) is 31.8 Å². The highest BCUT2D eigenvalue weighted by atomic mass is 35.5. The third kappa shape index (κ3) is 2.70. The number of hydrogen-bond donors (Lipinski definition) is 1. The van der Waals surface area contributed by atoms with Crippen LogP contribution in [-0.4, -0.2) is 5.11 Å². The van der Waals surface area contributed by atoms with Crippen molar-refractivity contribution < 1.29 is 5.11 Å². The highest BCUT2D eigenvalue weighted by Gasteiger charge is 2.20. The van der Waals surface area contributed by atoms with Crippen molar-refractivity contribution in [2.75, 3.05) is 0 Å². The van der Waals surface area contributed by atoms with Gasteiger partial charge in [0.2, 0.25) is 0 Å². The van der Waals surface area contributed by atoms with Crippen LogP contribution in [0.5, 0.6) is 0 Å². The number of halogens is 1. The molecule has 1 nitrogen and oxygen atoms in total. The van der Waals surface area contributed by atoms with Gasteiger partial charge in [-0.15, -0.1) is 11.3 Å². The molecular weight excluding hydrogens is 204 g/mol. The average molecular weight is 219 g/mol. The molecule has 2 atom stereocenters. The molecule has 0 fully saturated rings. The molecule has 1 N–H and O–H groups in total. The molecule has 74 valence electrons. The third-order valence-electron chi connectivity index (χ3n) is 2.44. The molecule has 0 spiro atoms. The van der Waals surface area contributed by atoms with E-state index in [-0.39, 0.29) is 12.0 Å². The number of hydrogen-bond acceptors (Lipinski definition) is 2. The number of rotatable bonds is 3. The largest absolute Gasteiger partial charge is 0.387 e. The number of aliphatic hydroxyl groups excluding tert-OH is 1. The second kappa shape index (κ2) is 4.45. The van der Waals surface area contributed by atoms with Gasteiger partial charge >= 0.3 is 0 Å². The maximum Gasteiger partial charge on any atom is 0.0932 e. The summed E-state index contributed by atoms with van der Waals surface area (Å²) in [5.41, 5.74) is 0. The number of thiophene rings is 1. The Morgan fingerprint density at radius 1 is 1.31 bits per heavy atom. The first kappa shape index (κ1) is 11.0. The zero-order valence-corrected chi connectivity index (χ0v) is 9.69. The Labute approximate surface area is 88.4 Å². The van der Waals surface area contributed by atoms with Crippen molar-refractivity contribution in [3.8, 4) is 0 Å². The summed E-state index contributed by atoms with van der Waals surface area (Å²) in [5, 5.41) is 9.92. The summed E-state index contributed by atoms with van der Waals surface area (Å²) in [5.74, 6) is 0.755. The maximum absolute atomic E-state index is 9.92. The van der Waals surface area contributed by atoms with Gasteiger partial charge < -0.3 is 5.11 Å². The van der Waals surface area contributed by atoms with Crippen molar-refractivity contribution in [2.45, 2.75) is 26.9 Å². The lowest BCUT2D eigenvalue weighted by Crippen LogP contribution is -2.13. The molecule has 2 unspecified atom stereocenters. The first-order chi connectivity index (χ1) is 6.02. The Bertz CT molecular complexity index is 270. The minimum absolute atomic E-state index is 0.273.